The predicted molar refractivity (Wildman–Crippen MR) is 95.8 cm³/mol. The first kappa shape index (κ1) is 17.3. The van der Waals surface area contributed by atoms with Crippen LogP contribution < -0.4 is 10.1 Å². The Morgan fingerprint density at radius 3 is 2.81 bits per heavy atom. The molecule has 4 rings (SSSR count). The van der Waals surface area contributed by atoms with Crippen molar-refractivity contribution in [1.29, 1.82) is 0 Å². The first-order valence-electron chi connectivity index (χ1n) is 8.95. The number of nitrogens with zero attached hydrogens (tertiary/aromatic N) is 1. The number of aryl methyl sites for hydroxylation is 1. The van der Waals surface area contributed by atoms with Crippen molar-refractivity contribution in [1.82, 2.24) is 10.2 Å². The Morgan fingerprint density at radius 2 is 2.04 bits per heavy atom. The summed E-state index contributed by atoms with van der Waals surface area (Å²) in [7, 11) is 1.61. The van der Waals surface area contributed by atoms with Crippen molar-refractivity contribution < 1.29 is 23.4 Å². The van der Waals surface area contributed by atoms with E-state index in [9.17, 15) is 4.79 Å². The molecular weight excluding hydrogens is 336 g/mol. The maximum absolute atomic E-state index is 12.8. The topological polar surface area (TPSA) is 73.2 Å². The first-order chi connectivity index (χ1) is 12.7. The van der Waals surface area contributed by atoms with Crippen LogP contribution in [0, 0.1) is 6.92 Å². The van der Waals surface area contributed by atoms with E-state index in [4.69, 9.17) is 18.6 Å². The molecule has 2 aliphatic rings. The van der Waals surface area contributed by atoms with E-state index in [1.807, 2.05) is 19.1 Å². The van der Waals surface area contributed by atoms with Crippen molar-refractivity contribution in [2.45, 2.75) is 19.0 Å². The maximum Gasteiger partial charge on any atom is 0.287 e. The Morgan fingerprint density at radius 1 is 1.23 bits per heavy atom. The van der Waals surface area contributed by atoms with Crippen LogP contribution in [0.1, 0.15) is 16.1 Å². The Labute approximate surface area is 152 Å². The van der Waals surface area contributed by atoms with E-state index in [0.717, 1.165) is 37.3 Å². The highest BCUT2D eigenvalue weighted by Crippen LogP contribution is 2.29. The number of methoxy groups -OCH3 is 1. The van der Waals surface area contributed by atoms with Crippen LogP contribution in [-0.4, -0.2) is 69.5 Å². The Bertz CT molecular complexity index is 797. The highest BCUT2D eigenvalue weighted by Gasteiger charge is 2.35. The molecule has 0 radical (unpaired) electrons. The molecule has 0 bridgehead atoms. The quantitative estimate of drug-likeness (QED) is 0.892. The third-order valence-electron chi connectivity index (χ3n) is 5.23. The lowest BCUT2D eigenvalue weighted by molar-refractivity contribution is 0.0107. The summed E-state index contributed by atoms with van der Waals surface area (Å²) >= 11 is 0. The molecule has 2 atom stereocenters. The number of fused-ring (bicyclic) bond motifs is 1. The van der Waals surface area contributed by atoms with Crippen LogP contribution in [0.15, 0.2) is 22.6 Å². The highest BCUT2D eigenvalue weighted by atomic mass is 16.5. The van der Waals surface area contributed by atoms with Crippen LogP contribution in [0.2, 0.25) is 0 Å². The number of carbonyl (C=O) groups is 1. The fourth-order valence-electron chi connectivity index (χ4n) is 3.73. The molecule has 2 aromatic rings. The summed E-state index contributed by atoms with van der Waals surface area (Å²) in [5, 5.41) is 4.02. The second-order valence-electron chi connectivity index (χ2n) is 6.75. The number of morpholine rings is 1. The van der Waals surface area contributed by atoms with Crippen molar-refractivity contribution in [3.8, 4) is 5.75 Å². The van der Waals surface area contributed by atoms with Gasteiger partial charge in [0.1, 0.15) is 11.3 Å². The number of furan rings is 1. The molecule has 3 heterocycles. The maximum atomic E-state index is 12.8. The minimum Gasteiger partial charge on any atom is -0.497 e. The third-order valence-corrected chi connectivity index (χ3v) is 5.23. The van der Waals surface area contributed by atoms with Gasteiger partial charge in [-0.1, -0.05) is 0 Å². The van der Waals surface area contributed by atoms with Crippen molar-refractivity contribution in [2.24, 2.45) is 0 Å². The molecule has 2 saturated heterocycles. The van der Waals surface area contributed by atoms with Gasteiger partial charge in [0.15, 0.2) is 5.76 Å². The van der Waals surface area contributed by atoms with Gasteiger partial charge in [0.25, 0.3) is 5.91 Å². The number of nitrogens with one attached hydrogen (secondary N) is 1. The van der Waals surface area contributed by atoms with E-state index in [0.29, 0.717) is 30.3 Å². The largest absolute Gasteiger partial charge is 0.497 e. The number of rotatable bonds is 4. The highest BCUT2D eigenvalue weighted by molar-refractivity contribution is 5.99. The molecule has 140 valence electrons. The predicted octanol–water partition coefficient (Wildman–Crippen LogP) is 1.58. The number of benzene rings is 1. The van der Waals surface area contributed by atoms with Gasteiger partial charge in [0.2, 0.25) is 0 Å². The van der Waals surface area contributed by atoms with Gasteiger partial charge in [-0.25, -0.2) is 0 Å². The molecule has 1 N–H and O–H groups in total. The van der Waals surface area contributed by atoms with Gasteiger partial charge in [-0.15, -0.1) is 0 Å². The molecule has 1 amide bonds. The number of ether oxygens (including phenoxy) is 3. The van der Waals surface area contributed by atoms with Gasteiger partial charge in [0, 0.05) is 30.1 Å². The molecule has 7 nitrogen and oxygen atoms in total. The molecule has 0 aliphatic carbocycles. The lowest BCUT2D eigenvalue weighted by Gasteiger charge is -2.34. The smallest absolute Gasteiger partial charge is 0.287 e. The van der Waals surface area contributed by atoms with E-state index in [1.54, 1.807) is 13.2 Å². The third kappa shape index (κ3) is 3.18. The monoisotopic (exact) mass is 360 g/mol. The lowest BCUT2D eigenvalue weighted by atomic mass is 10.1. The standard InChI is InChI=1S/C19H24N2O5/c1-12-14-4-3-13(23-2)9-17(14)26-18(12)19(22)20-15-10-25-11-16(15)21-5-7-24-8-6-21/h3-4,9,15-16H,5-8,10-11H2,1-2H3,(H,20,22)/t15-,16-/m0/s1. The summed E-state index contributed by atoms with van der Waals surface area (Å²) in [6.07, 6.45) is 0. The van der Waals surface area contributed by atoms with Crippen LogP contribution in [0.3, 0.4) is 0 Å². The van der Waals surface area contributed by atoms with Gasteiger partial charge in [-0.3, -0.25) is 9.69 Å². The summed E-state index contributed by atoms with van der Waals surface area (Å²) in [4.78, 5) is 15.2. The molecule has 7 heteroatoms. The van der Waals surface area contributed by atoms with Gasteiger partial charge in [-0.2, -0.15) is 0 Å². The fourth-order valence-corrected chi connectivity index (χ4v) is 3.73. The molecule has 2 fully saturated rings. The zero-order chi connectivity index (χ0) is 18.1. The molecule has 2 aliphatic heterocycles. The van der Waals surface area contributed by atoms with Crippen LogP contribution in [-0.2, 0) is 9.47 Å². The van der Waals surface area contributed by atoms with Crippen molar-refractivity contribution in [3.63, 3.8) is 0 Å². The molecule has 26 heavy (non-hydrogen) atoms. The Balaban J connectivity index is 1.52. The number of carbonyl (C=O) groups excluding carboxylic acids is 1. The molecule has 1 aromatic heterocycles. The summed E-state index contributed by atoms with van der Waals surface area (Å²) < 4.78 is 22.1. The molecule has 0 unspecified atom stereocenters. The zero-order valence-corrected chi connectivity index (χ0v) is 15.1. The van der Waals surface area contributed by atoms with E-state index in [-0.39, 0.29) is 18.0 Å². The van der Waals surface area contributed by atoms with Crippen molar-refractivity contribution >= 4 is 16.9 Å². The van der Waals surface area contributed by atoms with Gasteiger partial charge < -0.3 is 23.9 Å². The first-order valence-corrected chi connectivity index (χ1v) is 8.95. The normalized spacial score (nSPS) is 24.1. The van der Waals surface area contributed by atoms with E-state index >= 15 is 0 Å². The van der Waals surface area contributed by atoms with Crippen LogP contribution in [0.25, 0.3) is 11.0 Å². The van der Waals surface area contributed by atoms with Crippen molar-refractivity contribution in [2.75, 3.05) is 46.6 Å². The van der Waals surface area contributed by atoms with Gasteiger partial charge in [0.05, 0.1) is 45.6 Å². The molecular formula is C19H24N2O5. The van der Waals surface area contributed by atoms with E-state index in [1.165, 1.54) is 0 Å². The number of amides is 1. The molecule has 0 spiro atoms. The molecule has 0 saturated carbocycles. The van der Waals surface area contributed by atoms with Crippen LogP contribution in [0.5, 0.6) is 5.75 Å². The summed E-state index contributed by atoms with van der Waals surface area (Å²) in [6, 6.07) is 5.70. The Hall–Kier alpha value is -2.09. The SMILES string of the molecule is COc1ccc2c(C)c(C(=O)N[C@H]3COC[C@@H]3N3CCOCC3)oc2c1. The summed E-state index contributed by atoms with van der Waals surface area (Å²) in [6.45, 7) is 6.22. The fraction of sp³-hybridized carbons (Fsp3) is 0.526. The van der Waals surface area contributed by atoms with E-state index in [2.05, 4.69) is 10.2 Å². The van der Waals surface area contributed by atoms with Crippen molar-refractivity contribution in [3.05, 3.63) is 29.5 Å². The zero-order valence-electron chi connectivity index (χ0n) is 15.1. The molecule has 1 aromatic carbocycles. The summed E-state index contributed by atoms with van der Waals surface area (Å²) in [5.74, 6) is 0.849. The second-order valence-corrected chi connectivity index (χ2v) is 6.75. The van der Waals surface area contributed by atoms with Gasteiger partial charge >= 0.3 is 0 Å². The second kappa shape index (κ2) is 7.26. The number of hydrogen-bond acceptors (Lipinski definition) is 6. The Kier molecular flexibility index (Phi) is 4.84. The lowest BCUT2D eigenvalue weighted by Crippen LogP contribution is -2.54. The van der Waals surface area contributed by atoms with Crippen LogP contribution >= 0.6 is 0 Å². The van der Waals surface area contributed by atoms with E-state index < -0.39 is 0 Å². The van der Waals surface area contributed by atoms with Gasteiger partial charge in [-0.05, 0) is 19.1 Å². The summed E-state index contributed by atoms with van der Waals surface area (Å²) in [5.41, 5.74) is 1.49. The average molecular weight is 360 g/mol. The minimum atomic E-state index is -0.202. The average Bonchev–Trinajstić information content (AvgIpc) is 3.26. The minimum absolute atomic E-state index is 0.0530. The van der Waals surface area contributed by atoms with Crippen LogP contribution in [0.4, 0.5) is 0 Å². The number of hydrogen-bond donors (Lipinski definition) is 1.